The number of hydrogen-bond acceptors (Lipinski definition) is 2. The summed E-state index contributed by atoms with van der Waals surface area (Å²) in [6.07, 6.45) is 0. The predicted octanol–water partition coefficient (Wildman–Crippen LogP) is 3.71. The molecule has 0 aliphatic rings. The van der Waals surface area contributed by atoms with Crippen molar-refractivity contribution in [2.75, 3.05) is 11.9 Å². The van der Waals surface area contributed by atoms with Crippen molar-refractivity contribution in [2.24, 2.45) is 0 Å². The molecule has 0 radical (unpaired) electrons. The molecule has 0 saturated heterocycles. The number of pyridine rings is 1. The van der Waals surface area contributed by atoms with Crippen molar-refractivity contribution in [2.45, 2.75) is 6.92 Å². The van der Waals surface area contributed by atoms with Gasteiger partial charge in [0.2, 0.25) is 11.6 Å². The molecule has 0 bridgehead atoms. The lowest BCUT2D eigenvalue weighted by molar-refractivity contribution is 0.409. The molecule has 0 fully saturated rings. The van der Waals surface area contributed by atoms with Crippen LogP contribution in [0.5, 0.6) is 0 Å². The zero-order valence-electron chi connectivity index (χ0n) is 10.2. The summed E-state index contributed by atoms with van der Waals surface area (Å²) in [7, 11) is 1.32. The van der Waals surface area contributed by atoms with E-state index in [2.05, 4.69) is 4.98 Å². The van der Waals surface area contributed by atoms with Crippen LogP contribution in [0.1, 0.15) is 5.56 Å². The van der Waals surface area contributed by atoms with E-state index in [0.717, 1.165) is 4.90 Å². The summed E-state index contributed by atoms with van der Waals surface area (Å²) in [5.74, 6) is -6.39. The quantitative estimate of drug-likeness (QED) is 0.611. The Morgan fingerprint density at radius 2 is 1.47 bits per heavy atom. The fourth-order valence-electron chi connectivity index (χ4n) is 1.83. The summed E-state index contributed by atoms with van der Waals surface area (Å²) < 4.78 is 53.4. The molecule has 0 N–H and O–H groups in total. The molecular weight excluding hydrogens is 260 g/mol. The van der Waals surface area contributed by atoms with E-state index in [1.54, 1.807) is 31.2 Å². The van der Waals surface area contributed by atoms with E-state index in [1.807, 2.05) is 0 Å². The van der Waals surface area contributed by atoms with Crippen LogP contribution >= 0.6 is 0 Å². The molecule has 0 atom stereocenters. The Morgan fingerprint density at radius 1 is 0.947 bits per heavy atom. The molecular formula is C13H10F4N2. The van der Waals surface area contributed by atoms with Gasteiger partial charge in [-0.3, -0.25) is 0 Å². The zero-order valence-corrected chi connectivity index (χ0v) is 10.2. The second kappa shape index (κ2) is 4.87. The van der Waals surface area contributed by atoms with Gasteiger partial charge in [-0.1, -0.05) is 18.2 Å². The van der Waals surface area contributed by atoms with E-state index >= 15 is 0 Å². The van der Waals surface area contributed by atoms with Crippen LogP contribution in [0.4, 0.5) is 28.9 Å². The lowest BCUT2D eigenvalue weighted by Crippen LogP contribution is -2.17. The number of hydrogen-bond donors (Lipinski definition) is 0. The second-order valence-electron chi connectivity index (χ2n) is 4.02. The Morgan fingerprint density at radius 3 is 2.00 bits per heavy atom. The lowest BCUT2D eigenvalue weighted by atomic mass is 10.1. The molecule has 0 unspecified atom stereocenters. The maximum Gasteiger partial charge on any atom is 0.253 e. The van der Waals surface area contributed by atoms with Gasteiger partial charge in [-0.2, -0.15) is 22.5 Å². The molecule has 0 spiro atoms. The lowest BCUT2D eigenvalue weighted by Gasteiger charge is -2.22. The fraction of sp³-hybridized carbons (Fsp3) is 0.154. The highest BCUT2D eigenvalue weighted by Gasteiger charge is 2.24. The van der Waals surface area contributed by atoms with Gasteiger partial charge in [-0.15, -0.1) is 0 Å². The number of aromatic nitrogens is 1. The van der Waals surface area contributed by atoms with Gasteiger partial charge in [0.15, 0.2) is 0 Å². The third kappa shape index (κ3) is 2.25. The zero-order chi connectivity index (χ0) is 14.2. The van der Waals surface area contributed by atoms with Gasteiger partial charge in [0, 0.05) is 12.7 Å². The van der Waals surface area contributed by atoms with Gasteiger partial charge >= 0.3 is 0 Å². The van der Waals surface area contributed by atoms with Crippen molar-refractivity contribution >= 4 is 11.4 Å². The van der Waals surface area contributed by atoms with Crippen molar-refractivity contribution in [3.05, 3.63) is 53.4 Å². The van der Waals surface area contributed by atoms with Crippen LogP contribution in [0.25, 0.3) is 0 Å². The summed E-state index contributed by atoms with van der Waals surface area (Å²) >= 11 is 0. The van der Waals surface area contributed by atoms with Crippen LogP contribution in [-0.2, 0) is 0 Å². The summed E-state index contributed by atoms with van der Waals surface area (Å²) in [6, 6.07) is 6.70. The van der Waals surface area contributed by atoms with Crippen LogP contribution in [0.2, 0.25) is 0 Å². The molecule has 100 valence electrons. The maximum absolute atomic E-state index is 13.6. The Balaban J connectivity index is 2.63. The van der Waals surface area contributed by atoms with Gasteiger partial charge in [-0.05, 0) is 18.6 Å². The number of rotatable bonds is 2. The van der Waals surface area contributed by atoms with E-state index < -0.39 is 29.2 Å². The molecule has 1 heterocycles. The van der Waals surface area contributed by atoms with Crippen LogP contribution in [-0.4, -0.2) is 12.0 Å². The summed E-state index contributed by atoms with van der Waals surface area (Å²) in [5.41, 5.74) is 0.339. The highest BCUT2D eigenvalue weighted by atomic mass is 19.2. The molecule has 0 amide bonds. The number of para-hydroxylation sites is 1. The average molecular weight is 270 g/mol. The first-order valence-electron chi connectivity index (χ1n) is 5.42. The molecule has 2 nitrogen and oxygen atoms in total. The number of aryl methyl sites for hydroxylation is 1. The number of anilines is 2. The minimum Gasteiger partial charge on any atom is -0.339 e. The predicted molar refractivity (Wildman–Crippen MR) is 63.3 cm³/mol. The largest absolute Gasteiger partial charge is 0.339 e. The first-order chi connectivity index (χ1) is 8.93. The molecule has 1 aromatic carbocycles. The minimum atomic E-state index is -1.67. The molecule has 0 aliphatic heterocycles. The Labute approximate surface area is 107 Å². The number of nitrogens with zero attached hydrogens (tertiary/aromatic N) is 2. The van der Waals surface area contributed by atoms with Gasteiger partial charge in [0.25, 0.3) is 11.9 Å². The first kappa shape index (κ1) is 13.3. The smallest absolute Gasteiger partial charge is 0.253 e. The maximum atomic E-state index is 13.6. The molecule has 2 aromatic rings. The summed E-state index contributed by atoms with van der Waals surface area (Å²) in [4.78, 5) is 3.57. The third-order valence-electron chi connectivity index (χ3n) is 2.79. The number of halogens is 4. The van der Waals surface area contributed by atoms with Crippen molar-refractivity contribution in [1.82, 2.24) is 4.98 Å². The molecule has 19 heavy (non-hydrogen) atoms. The van der Waals surface area contributed by atoms with Crippen LogP contribution in [0.15, 0.2) is 24.3 Å². The van der Waals surface area contributed by atoms with Gasteiger partial charge in [-0.25, -0.2) is 0 Å². The first-order valence-corrected chi connectivity index (χ1v) is 5.42. The number of benzene rings is 1. The standard InChI is InChI=1S/C13H10F4N2/c1-7-5-3-4-6-8(7)19(2)11-9(14)12(16)18-13(17)10(11)15/h3-6H,1-2H3. The average Bonchev–Trinajstić information content (AvgIpc) is 2.37. The van der Waals surface area contributed by atoms with Gasteiger partial charge in [0.05, 0.1) is 0 Å². The van der Waals surface area contributed by atoms with Crippen molar-refractivity contribution in [3.63, 3.8) is 0 Å². The van der Waals surface area contributed by atoms with E-state index in [9.17, 15) is 17.6 Å². The molecule has 2 rings (SSSR count). The van der Waals surface area contributed by atoms with Gasteiger partial charge < -0.3 is 4.90 Å². The molecule has 6 heteroatoms. The summed E-state index contributed by atoms with van der Waals surface area (Å²) in [6.45, 7) is 1.72. The van der Waals surface area contributed by atoms with Crippen LogP contribution < -0.4 is 4.90 Å². The second-order valence-corrected chi connectivity index (χ2v) is 4.02. The van der Waals surface area contributed by atoms with Crippen molar-refractivity contribution in [3.8, 4) is 0 Å². The minimum absolute atomic E-state index is 0.435. The van der Waals surface area contributed by atoms with Gasteiger partial charge in [0.1, 0.15) is 5.69 Å². The third-order valence-corrected chi connectivity index (χ3v) is 2.79. The molecule has 0 aliphatic carbocycles. The summed E-state index contributed by atoms with van der Waals surface area (Å²) in [5, 5.41) is 0. The van der Waals surface area contributed by atoms with Crippen molar-refractivity contribution < 1.29 is 17.6 Å². The van der Waals surface area contributed by atoms with Crippen molar-refractivity contribution in [1.29, 1.82) is 0 Å². The SMILES string of the molecule is Cc1ccccc1N(C)c1c(F)c(F)nc(F)c1F. The normalized spacial score (nSPS) is 10.6. The Kier molecular flexibility index (Phi) is 3.42. The van der Waals surface area contributed by atoms with E-state index in [1.165, 1.54) is 7.05 Å². The topological polar surface area (TPSA) is 16.1 Å². The molecule has 0 saturated carbocycles. The highest BCUT2D eigenvalue weighted by molar-refractivity contribution is 5.66. The fourth-order valence-corrected chi connectivity index (χ4v) is 1.83. The van der Waals surface area contributed by atoms with Crippen LogP contribution in [0.3, 0.4) is 0 Å². The van der Waals surface area contributed by atoms with E-state index in [-0.39, 0.29) is 0 Å². The Hall–Kier alpha value is -2.11. The van der Waals surface area contributed by atoms with E-state index in [0.29, 0.717) is 11.3 Å². The monoisotopic (exact) mass is 270 g/mol. The van der Waals surface area contributed by atoms with E-state index in [4.69, 9.17) is 0 Å². The van der Waals surface area contributed by atoms with Crippen LogP contribution in [0, 0.1) is 30.5 Å². The Bertz CT molecular complexity index is 602. The molecule has 1 aromatic heterocycles. The highest BCUT2D eigenvalue weighted by Crippen LogP contribution is 2.32.